The Morgan fingerprint density at radius 3 is 2.26 bits per heavy atom. The van der Waals surface area contributed by atoms with Gasteiger partial charge in [0.25, 0.3) is 0 Å². The predicted molar refractivity (Wildman–Crippen MR) is 113 cm³/mol. The van der Waals surface area contributed by atoms with Crippen molar-refractivity contribution in [1.29, 1.82) is 0 Å². The standard InChI is InChI=1S/C23H26N4/c1-3-4-6-9-19-12-14-20(15-13-19)18(2)26-27-23-24-16-22(17-25-23)21-10-7-5-8-11-21/h5,7-8,10-17H,3-4,6,9H2,1-2H3,(H,24,25,27)/b26-18-. The van der Waals surface area contributed by atoms with Crippen molar-refractivity contribution in [3.05, 3.63) is 78.1 Å². The number of hydrogen-bond donors (Lipinski definition) is 1. The molecule has 0 atom stereocenters. The van der Waals surface area contributed by atoms with Crippen LogP contribution in [0.15, 0.2) is 72.1 Å². The molecule has 0 aliphatic rings. The minimum absolute atomic E-state index is 0.491. The number of aryl methyl sites for hydroxylation is 1. The fraction of sp³-hybridized carbons (Fsp3) is 0.261. The average molecular weight is 358 g/mol. The van der Waals surface area contributed by atoms with Gasteiger partial charge in [-0.05, 0) is 36.5 Å². The van der Waals surface area contributed by atoms with E-state index >= 15 is 0 Å². The number of hydrazone groups is 1. The molecule has 0 saturated heterocycles. The normalized spacial score (nSPS) is 11.4. The van der Waals surface area contributed by atoms with Crippen LogP contribution in [-0.4, -0.2) is 15.7 Å². The minimum Gasteiger partial charge on any atom is -0.245 e. The van der Waals surface area contributed by atoms with Crippen LogP contribution < -0.4 is 5.43 Å². The Balaban J connectivity index is 1.60. The van der Waals surface area contributed by atoms with Crippen molar-refractivity contribution in [2.45, 2.75) is 39.5 Å². The monoisotopic (exact) mass is 358 g/mol. The lowest BCUT2D eigenvalue weighted by Gasteiger charge is -2.05. The molecule has 3 rings (SSSR count). The van der Waals surface area contributed by atoms with E-state index < -0.39 is 0 Å². The highest BCUT2D eigenvalue weighted by molar-refractivity contribution is 5.99. The molecule has 4 nitrogen and oxygen atoms in total. The number of aromatic nitrogens is 2. The van der Waals surface area contributed by atoms with Crippen LogP contribution >= 0.6 is 0 Å². The fourth-order valence-corrected chi connectivity index (χ4v) is 2.86. The smallest absolute Gasteiger partial charge is 0.243 e. The molecule has 0 unspecified atom stereocenters. The van der Waals surface area contributed by atoms with Crippen molar-refractivity contribution in [2.24, 2.45) is 5.10 Å². The highest BCUT2D eigenvalue weighted by Gasteiger charge is 2.01. The van der Waals surface area contributed by atoms with Crippen LogP contribution in [0.5, 0.6) is 0 Å². The van der Waals surface area contributed by atoms with E-state index in [9.17, 15) is 0 Å². The van der Waals surface area contributed by atoms with Crippen LogP contribution in [0, 0.1) is 0 Å². The van der Waals surface area contributed by atoms with Crippen LogP contribution in [0.1, 0.15) is 44.2 Å². The molecule has 2 aromatic carbocycles. The van der Waals surface area contributed by atoms with E-state index in [1.807, 2.05) is 37.3 Å². The summed E-state index contributed by atoms with van der Waals surface area (Å²) in [6, 6.07) is 18.7. The molecule has 1 aromatic heterocycles. The van der Waals surface area contributed by atoms with Crippen molar-refractivity contribution in [1.82, 2.24) is 9.97 Å². The summed E-state index contributed by atoms with van der Waals surface area (Å²) < 4.78 is 0. The molecular formula is C23H26N4. The maximum absolute atomic E-state index is 4.41. The fourth-order valence-electron chi connectivity index (χ4n) is 2.86. The summed E-state index contributed by atoms with van der Waals surface area (Å²) in [7, 11) is 0. The van der Waals surface area contributed by atoms with E-state index in [0.29, 0.717) is 5.95 Å². The number of nitrogens with one attached hydrogen (secondary N) is 1. The van der Waals surface area contributed by atoms with Gasteiger partial charge in [0.1, 0.15) is 0 Å². The Morgan fingerprint density at radius 1 is 0.889 bits per heavy atom. The van der Waals surface area contributed by atoms with E-state index in [1.54, 1.807) is 12.4 Å². The summed E-state index contributed by atoms with van der Waals surface area (Å²) in [4.78, 5) is 8.69. The lowest BCUT2D eigenvalue weighted by atomic mass is 10.0. The third-order valence-corrected chi connectivity index (χ3v) is 4.52. The number of unbranched alkanes of at least 4 members (excludes halogenated alkanes) is 2. The molecule has 0 saturated carbocycles. The number of anilines is 1. The summed E-state index contributed by atoms with van der Waals surface area (Å²) in [6.45, 7) is 4.21. The second-order valence-electron chi connectivity index (χ2n) is 6.62. The number of benzene rings is 2. The molecule has 0 bridgehead atoms. The summed E-state index contributed by atoms with van der Waals surface area (Å²) in [5, 5.41) is 4.41. The SMILES string of the molecule is CCCCCc1ccc(/C(C)=N\Nc2ncc(-c3ccccc3)cn2)cc1. The van der Waals surface area contributed by atoms with Gasteiger partial charge in [-0.3, -0.25) is 0 Å². The first-order valence-electron chi connectivity index (χ1n) is 9.53. The first kappa shape index (κ1) is 18.8. The topological polar surface area (TPSA) is 50.2 Å². The second-order valence-corrected chi connectivity index (χ2v) is 6.62. The first-order chi connectivity index (χ1) is 13.3. The van der Waals surface area contributed by atoms with E-state index in [1.165, 1.54) is 24.8 Å². The molecule has 1 heterocycles. The molecule has 1 N–H and O–H groups in total. The van der Waals surface area contributed by atoms with Crippen LogP contribution in [0.2, 0.25) is 0 Å². The quantitative estimate of drug-likeness (QED) is 0.319. The Morgan fingerprint density at radius 2 is 1.59 bits per heavy atom. The summed E-state index contributed by atoms with van der Waals surface area (Å²) in [5.41, 5.74) is 8.42. The van der Waals surface area contributed by atoms with E-state index in [-0.39, 0.29) is 0 Å². The molecule has 0 aliphatic heterocycles. The molecule has 0 fully saturated rings. The maximum Gasteiger partial charge on any atom is 0.243 e. The molecule has 4 heteroatoms. The van der Waals surface area contributed by atoms with Gasteiger partial charge in [-0.15, -0.1) is 0 Å². The molecule has 3 aromatic rings. The largest absolute Gasteiger partial charge is 0.245 e. The maximum atomic E-state index is 4.41. The van der Waals surface area contributed by atoms with E-state index in [2.05, 4.69) is 51.7 Å². The van der Waals surface area contributed by atoms with Gasteiger partial charge in [0.15, 0.2) is 0 Å². The number of rotatable bonds is 8. The van der Waals surface area contributed by atoms with Crippen LogP contribution in [0.3, 0.4) is 0 Å². The molecule has 138 valence electrons. The lowest BCUT2D eigenvalue weighted by Crippen LogP contribution is -2.02. The number of hydrogen-bond acceptors (Lipinski definition) is 4. The summed E-state index contributed by atoms with van der Waals surface area (Å²) in [6.07, 6.45) is 8.55. The highest BCUT2D eigenvalue weighted by atomic mass is 15.3. The van der Waals surface area contributed by atoms with Crippen molar-refractivity contribution in [2.75, 3.05) is 5.43 Å². The average Bonchev–Trinajstić information content (AvgIpc) is 2.74. The predicted octanol–water partition coefficient (Wildman–Crippen LogP) is 5.71. The van der Waals surface area contributed by atoms with Gasteiger partial charge < -0.3 is 0 Å². The Kier molecular flexibility index (Phi) is 6.69. The van der Waals surface area contributed by atoms with E-state index in [4.69, 9.17) is 0 Å². The van der Waals surface area contributed by atoms with Crippen molar-refractivity contribution >= 4 is 11.7 Å². The van der Waals surface area contributed by atoms with Gasteiger partial charge in [0.05, 0.1) is 5.71 Å². The Hall–Kier alpha value is -3.01. The zero-order valence-corrected chi connectivity index (χ0v) is 16.0. The van der Waals surface area contributed by atoms with Crippen LogP contribution in [0.25, 0.3) is 11.1 Å². The van der Waals surface area contributed by atoms with Gasteiger partial charge in [0, 0.05) is 18.0 Å². The zero-order chi connectivity index (χ0) is 18.9. The van der Waals surface area contributed by atoms with Gasteiger partial charge in [0.2, 0.25) is 5.95 Å². The first-order valence-corrected chi connectivity index (χ1v) is 9.53. The second kappa shape index (κ2) is 9.62. The van der Waals surface area contributed by atoms with Gasteiger partial charge >= 0.3 is 0 Å². The lowest BCUT2D eigenvalue weighted by molar-refractivity contribution is 0.717. The van der Waals surface area contributed by atoms with Gasteiger partial charge in [-0.1, -0.05) is 74.4 Å². The number of nitrogens with zero attached hydrogens (tertiary/aromatic N) is 3. The molecule has 0 amide bonds. The molecule has 0 aliphatic carbocycles. The molecule has 27 heavy (non-hydrogen) atoms. The third-order valence-electron chi connectivity index (χ3n) is 4.52. The van der Waals surface area contributed by atoms with Crippen LogP contribution in [0.4, 0.5) is 5.95 Å². The third kappa shape index (κ3) is 5.48. The van der Waals surface area contributed by atoms with E-state index in [0.717, 1.165) is 28.8 Å². The molecule has 0 radical (unpaired) electrons. The van der Waals surface area contributed by atoms with Crippen molar-refractivity contribution in [3.8, 4) is 11.1 Å². The van der Waals surface area contributed by atoms with Crippen molar-refractivity contribution in [3.63, 3.8) is 0 Å². The Bertz CT molecular complexity index is 853. The van der Waals surface area contributed by atoms with Crippen molar-refractivity contribution < 1.29 is 0 Å². The summed E-state index contributed by atoms with van der Waals surface area (Å²) in [5.74, 6) is 0.491. The van der Waals surface area contributed by atoms with Gasteiger partial charge in [-0.25, -0.2) is 15.4 Å². The molecule has 0 spiro atoms. The Labute approximate surface area is 161 Å². The van der Waals surface area contributed by atoms with Crippen LogP contribution in [-0.2, 0) is 6.42 Å². The minimum atomic E-state index is 0.491. The highest BCUT2D eigenvalue weighted by Crippen LogP contribution is 2.17. The zero-order valence-electron chi connectivity index (χ0n) is 16.0. The molecular weight excluding hydrogens is 332 g/mol. The summed E-state index contributed by atoms with van der Waals surface area (Å²) >= 11 is 0. The van der Waals surface area contributed by atoms with Gasteiger partial charge in [-0.2, -0.15) is 5.10 Å².